The van der Waals surface area contributed by atoms with E-state index >= 15 is 0 Å². The van der Waals surface area contributed by atoms with Gasteiger partial charge >= 0.3 is 0 Å². The molecule has 1 atom stereocenters. The Kier molecular flexibility index (Phi) is 5.67. The maximum atomic E-state index is 14.0. The molecule has 1 aromatic rings. The molecule has 2 saturated heterocycles. The van der Waals surface area contributed by atoms with Gasteiger partial charge in [0, 0.05) is 36.2 Å². The third-order valence-electron chi connectivity index (χ3n) is 4.59. The monoisotopic (exact) mass is 384 g/mol. The van der Waals surface area contributed by atoms with Crippen LogP contribution in [0.25, 0.3) is 0 Å². The number of hydrogen-bond donors (Lipinski definition) is 0. The van der Waals surface area contributed by atoms with Gasteiger partial charge in [-0.2, -0.15) is 0 Å². The summed E-state index contributed by atoms with van der Waals surface area (Å²) in [5.41, 5.74) is 0.688. The number of ether oxygens (including phenoxy) is 1. The predicted octanol–water partition coefficient (Wildman–Crippen LogP) is 2.66. The Bertz CT molecular complexity index is 564. The molecular formula is C17H22BrFN2O2. The van der Waals surface area contributed by atoms with Crippen LogP contribution < -0.4 is 0 Å². The van der Waals surface area contributed by atoms with E-state index in [0.717, 1.165) is 23.9 Å². The Morgan fingerprint density at radius 2 is 2.09 bits per heavy atom. The summed E-state index contributed by atoms with van der Waals surface area (Å²) in [6, 6.07) is 5.17. The van der Waals surface area contributed by atoms with Crippen LogP contribution in [-0.2, 0) is 16.1 Å². The van der Waals surface area contributed by atoms with Crippen LogP contribution >= 0.6 is 15.9 Å². The lowest BCUT2D eigenvalue weighted by Crippen LogP contribution is -2.48. The molecule has 0 saturated carbocycles. The van der Waals surface area contributed by atoms with Crippen LogP contribution in [0.2, 0.25) is 0 Å². The number of carbonyl (C=O) groups excluding carboxylic acids is 1. The van der Waals surface area contributed by atoms with Gasteiger partial charge < -0.3 is 9.64 Å². The number of morpholine rings is 1. The lowest BCUT2D eigenvalue weighted by atomic mass is 9.96. The highest BCUT2D eigenvalue weighted by atomic mass is 79.9. The van der Waals surface area contributed by atoms with Crippen molar-refractivity contribution in [3.05, 3.63) is 34.1 Å². The first-order chi connectivity index (χ1) is 11.1. The second kappa shape index (κ2) is 7.73. The fraction of sp³-hybridized carbons (Fsp3) is 0.588. The van der Waals surface area contributed by atoms with E-state index < -0.39 is 0 Å². The van der Waals surface area contributed by atoms with Crippen LogP contribution in [0.15, 0.2) is 22.7 Å². The van der Waals surface area contributed by atoms with Gasteiger partial charge in [0.15, 0.2) is 0 Å². The minimum atomic E-state index is -0.194. The van der Waals surface area contributed by atoms with E-state index in [1.165, 1.54) is 6.07 Å². The van der Waals surface area contributed by atoms with Gasteiger partial charge in [-0.05, 0) is 31.5 Å². The van der Waals surface area contributed by atoms with E-state index in [0.29, 0.717) is 45.0 Å². The number of nitrogens with zero attached hydrogens (tertiary/aromatic N) is 2. The van der Waals surface area contributed by atoms with Gasteiger partial charge in [0.05, 0.1) is 19.1 Å². The number of amides is 1. The van der Waals surface area contributed by atoms with Crippen LogP contribution in [0.3, 0.4) is 0 Å². The molecule has 0 N–H and O–H groups in total. The molecule has 23 heavy (non-hydrogen) atoms. The average Bonchev–Trinajstić information content (AvgIpc) is 2.58. The Morgan fingerprint density at radius 1 is 1.30 bits per heavy atom. The third kappa shape index (κ3) is 4.31. The summed E-state index contributed by atoms with van der Waals surface area (Å²) in [6.07, 6.45) is 1.91. The Balaban J connectivity index is 1.60. The van der Waals surface area contributed by atoms with Crippen LogP contribution in [0.5, 0.6) is 0 Å². The number of piperidine rings is 1. The normalized spacial score (nSPS) is 23.0. The summed E-state index contributed by atoms with van der Waals surface area (Å²) >= 11 is 3.28. The number of rotatable bonds is 3. The summed E-state index contributed by atoms with van der Waals surface area (Å²) in [5, 5.41) is 0. The minimum absolute atomic E-state index is 0.0281. The first-order valence-corrected chi connectivity index (χ1v) is 8.95. The number of hydrogen-bond acceptors (Lipinski definition) is 3. The van der Waals surface area contributed by atoms with Crippen LogP contribution in [0.1, 0.15) is 18.4 Å². The first kappa shape index (κ1) is 16.9. The van der Waals surface area contributed by atoms with E-state index in [9.17, 15) is 9.18 Å². The lowest BCUT2D eigenvalue weighted by molar-refractivity contribution is -0.141. The van der Waals surface area contributed by atoms with Crippen molar-refractivity contribution < 1.29 is 13.9 Å². The predicted molar refractivity (Wildman–Crippen MR) is 89.5 cm³/mol. The SMILES string of the molecule is O=C(C1CCCN(Cc2ccc(Br)cc2F)C1)N1CCOCC1. The standard InChI is InChI=1S/C17H22BrFN2O2/c18-15-4-3-13(16(19)10-15)11-20-5-1-2-14(12-20)17(22)21-6-8-23-9-7-21/h3-4,10,14H,1-2,5-9,11-12H2. The van der Waals surface area contributed by atoms with Crippen molar-refractivity contribution >= 4 is 21.8 Å². The van der Waals surface area contributed by atoms with Crippen molar-refractivity contribution in [3.8, 4) is 0 Å². The Morgan fingerprint density at radius 3 is 2.83 bits per heavy atom. The largest absolute Gasteiger partial charge is 0.378 e. The summed E-state index contributed by atoms with van der Waals surface area (Å²) in [5.74, 6) is 0.0654. The summed E-state index contributed by atoms with van der Waals surface area (Å²) in [4.78, 5) is 16.7. The molecule has 0 radical (unpaired) electrons. The van der Waals surface area contributed by atoms with E-state index in [2.05, 4.69) is 20.8 Å². The third-order valence-corrected chi connectivity index (χ3v) is 5.08. The zero-order valence-corrected chi connectivity index (χ0v) is 14.7. The van der Waals surface area contributed by atoms with Crippen molar-refractivity contribution in [1.82, 2.24) is 9.80 Å². The molecule has 1 amide bonds. The van der Waals surface area contributed by atoms with Gasteiger partial charge in [-0.15, -0.1) is 0 Å². The number of halogens is 2. The molecule has 2 fully saturated rings. The fourth-order valence-corrected chi connectivity index (χ4v) is 3.67. The van der Waals surface area contributed by atoms with Crippen molar-refractivity contribution in [2.75, 3.05) is 39.4 Å². The van der Waals surface area contributed by atoms with E-state index in [-0.39, 0.29) is 17.6 Å². The zero-order chi connectivity index (χ0) is 16.2. The summed E-state index contributed by atoms with van der Waals surface area (Å²) < 4.78 is 20.1. The highest BCUT2D eigenvalue weighted by Gasteiger charge is 2.30. The van der Waals surface area contributed by atoms with E-state index in [1.54, 1.807) is 0 Å². The smallest absolute Gasteiger partial charge is 0.227 e. The first-order valence-electron chi connectivity index (χ1n) is 8.16. The molecule has 0 spiro atoms. The summed E-state index contributed by atoms with van der Waals surface area (Å²) in [7, 11) is 0. The van der Waals surface area contributed by atoms with Crippen molar-refractivity contribution in [1.29, 1.82) is 0 Å². The molecule has 0 aliphatic carbocycles. The summed E-state index contributed by atoms with van der Waals surface area (Å²) in [6.45, 7) is 4.84. The van der Waals surface area contributed by atoms with Crippen molar-refractivity contribution in [2.24, 2.45) is 5.92 Å². The van der Waals surface area contributed by atoms with Crippen molar-refractivity contribution in [2.45, 2.75) is 19.4 Å². The van der Waals surface area contributed by atoms with Crippen LogP contribution in [-0.4, -0.2) is 55.1 Å². The highest BCUT2D eigenvalue weighted by molar-refractivity contribution is 9.10. The molecule has 2 aliphatic rings. The van der Waals surface area contributed by atoms with Crippen molar-refractivity contribution in [3.63, 3.8) is 0 Å². The maximum absolute atomic E-state index is 14.0. The average molecular weight is 385 g/mol. The molecule has 2 heterocycles. The minimum Gasteiger partial charge on any atom is -0.378 e. The molecule has 4 nitrogen and oxygen atoms in total. The van der Waals surface area contributed by atoms with Crippen LogP contribution in [0, 0.1) is 11.7 Å². The van der Waals surface area contributed by atoms with Crippen LogP contribution in [0.4, 0.5) is 4.39 Å². The van der Waals surface area contributed by atoms with Gasteiger partial charge in [-0.25, -0.2) is 4.39 Å². The molecule has 0 bridgehead atoms. The number of likely N-dealkylation sites (tertiary alicyclic amines) is 1. The number of benzene rings is 1. The Hall–Kier alpha value is -0.980. The molecule has 3 rings (SSSR count). The topological polar surface area (TPSA) is 32.8 Å². The lowest BCUT2D eigenvalue weighted by Gasteiger charge is -2.36. The maximum Gasteiger partial charge on any atom is 0.227 e. The molecule has 2 aliphatic heterocycles. The van der Waals surface area contributed by atoms with E-state index in [1.807, 2.05) is 17.0 Å². The zero-order valence-electron chi connectivity index (χ0n) is 13.1. The van der Waals surface area contributed by atoms with Gasteiger partial charge in [-0.1, -0.05) is 22.0 Å². The molecule has 6 heteroatoms. The van der Waals surface area contributed by atoms with Gasteiger partial charge in [0.25, 0.3) is 0 Å². The number of carbonyl (C=O) groups is 1. The molecule has 126 valence electrons. The molecule has 1 aromatic carbocycles. The van der Waals surface area contributed by atoms with Gasteiger partial charge in [-0.3, -0.25) is 9.69 Å². The van der Waals surface area contributed by atoms with Gasteiger partial charge in [0.1, 0.15) is 5.82 Å². The molecule has 1 unspecified atom stereocenters. The highest BCUT2D eigenvalue weighted by Crippen LogP contribution is 2.23. The van der Waals surface area contributed by atoms with E-state index in [4.69, 9.17) is 4.74 Å². The fourth-order valence-electron chi connectivity index (χ4n) is 3.33. The quantitative estimate of drug-likeness (QED) is 0.802. The molecule has 0 aromatic heterocycles. The van der Waals surface area contributed by atoms with Gasteiger partial charge in [0.2, 0.25) is 5.91 Å². The second-order valence-electron chi connectivity index (χ2n) is 6.25. The Labute approximate surface area is 144 Å². The second-order valence-corrected chi connectivity index (χ2v) is 7.16. The molecular weight excluding hydrogens is 363 g/mol.